The van der Waals surface area contributed by atoms with E-state index in [2.05, 4.69) is 46.6 Å². The van der Waals surface area contributed by atoms with Gasteiger partial charge in [0, 0.05) is 26.6 Å². The first kappa shape index (κ1) is 18.3. The molecule has 0 bridgehead atoms. The molecule has 3 rings (SSSR count). The molecule has 0 radical (unpaired) electrons. The summed E-state index contributed by atoms with van der Waals surface area (Å²) < 4.78 is 10.9. The molecule has 2 aromatic rings. The van der Waals surface area contributed by atoms with Crippen molar-refractivity contribution >= 4 is 5.91 Å². The fourth-order valence-corrected chi connectivity index (χ4v) is 3.57. The Kier molecular flexibility index (Phi) is 5.78. The molecule has 1 heterocycles. The van der Waals surface area contributed by atoms with Gasteiger partial charge >= 0.3 is 0 Å². The number of benzene rings is 2. The molecule has 0 fully saturated rings. The zero-order valence-electron chi connectivity index (χ0n) is 15.6. The van der Waals surface area contributed by atoms with Crippen molar-refractivity contribution < 1.29 is 14.3 Å². The second kappa shape index (κ2) is 8.23. The van der Waals surface area contributed by atoms with Crippen molar-refractivity contribution in [3.63, 3.8) is 0 Å². The molecule has 1 aliphatic heterocycles. The third-order valence-corrected chi connectivity index (χ3v) is 4.89. The van der Waals surface area contributed by atoms with E-state index in [1.807, 2.05) is 6.07 Å². The number of carbonyl (C=O) groups excluding carboxylic acids is 1. The molecule has 1 N–H and O–H groups in total. The zero-order chi connectivity index (χ0) is 18.5. The van der Waals surface area contributed by atoms with E-state index >= 15 is 0 Å². The summed E-state index contributed by atoms with van der Waals surface area (Å²) in [6, 6.07) is 14.6. The van der Waals surface area contributed by atoms with Gasteiger partial charge in [-0.3, -0.25) is 9.69 Å². The number of nitrogens with zero attached hydrogens (tertiary/aromatic N) is 1. The molecule has 1 atom stereocenters. The molecule has 0 aliphatic carbocycles. The molecule has 0 aromatic heterocycles. The Labute approximate surface area is 154 Å². The Bertz CT molecular complexity index is 761. The van der Waals surface area contributed by atoms with Crippen LogP contribution in [-0.2, 0) is 17.8 Å². The molecular weight excluding hydrogens is 328 g/mol. The molecule has 138 valence electrons. The molecule has 5 nitrogen and oxygen atoms in total. The number of nitrogens with one attached hydrogen (secondary N) is 1. The van der Waals surface area contributed by atoms with Gasteiger partial charge in [-0.1, -0.05) is 30.3 Å². The smallest absolute Gasteiger partial charge is 0.216 e. The van der Waals surface area contributed by atoms with Gasteiger partial charge in [-0.15, -0.1) is 0 Å². The van der Waals surface area contributed by atoms with Crippen LogP contribution in [0, 0.1) is 0 Å². The predicted molar refractivity (Wildman–Crippen MR) is 102 cm³/mol. The van der Waals surface area contributed by atoms with E-state index in [1.54, 1.807) is 21.1 Å². The van der Waals surface area contributed by atoms with E-state index in [0.717, 1.165) is 31.0 Å². The number of carbonyl (C=O) groups is 1. The number of ether oxygens (including phenoxy) is 2. The van der Waals surface area contributed by atoms with Crippen molar-refractivity contribution in [2.24, 2.45) is 0 Å². The van der Waals surface area contributed by atoms with E-state index in [9.17, 15) is 4.79 Å². The highest BCUT2D eigenvalue weighted by Gasteiger charge is 2.29. The second-order valence-corrected chi connectivity index (χ2v) is 6.56. The number of hydrogen-bond acceptors (Lipinski definition) is 4. The van der Waals surface area contributed by atoms with Gasteiger partial charge in [0.25, 0.3) is 0 Å². The van der Waals surface area contributed by atoms with Crippen LogP contribution in [0.2, 0.25) is 0 Å². The number of methoxy groups -OCH3 is 2. The van der Waals surface area contributed by atoms with Crippen LogP contribution in [0.15, 0.2) is 42.5 Å². The highest BCUT2D eigenvalue weighted by molar-refractivity contribution is 5.72. The summed E-state index contributed by atoms with van der Waals surface area (Å²) in [5, 5.41) is 2.99. The Hall–Kier alpha value is -2.53. The van der Waals surface area contributed by atoms with Gasteiger partial charge in [0.15, 0.2) is 11.5 Å². The first-order chi connectivity index (χ1) is 12.6. The standard InChI is InChI=1S/C21H26N2O3/c1-15(24)22-13-19-18-12-21(26-3)20(25-2)11-17(18)9-10-23(19)14-16-7-5-4-6-8-16/h4-8,11-12,19H,9-10,13-14H2,1-3H3,(H,22,24)/t19-/m0/s1. The van der Waals surface area contributed by atoms with Crippen molar-refractivity contribution in [1.29, 1.82) is 0 Å². The van der Waals surface area contributed by atoms with Gasteiger partial charge in [0.2, 0.25) is 5.91 Å². The summed E-state index contributed by atoms with van der Waals surface area (Å²) in [5.74, 6) is 1.46. The largest absolute Gasteiger partial charge is 0.493 e. The Morgan fingerprint density at radius 2 is 1.85 bits per heavy atom. The van der Waals surface area contributed by atoms with Crippen LogP contribution in [0.1, 0.15) is 29.7 Å². The molecule has 0 unspecified atom stereocenters. The van der Waals surface area contributed by atoms with Gasteiger partial charge in [0.1, 0.15) is 0 Å². The molecule has 1 amide bonds. The average molecular weight is 354 g/mol. The second-order valence-electron chi connectivity index (χ2n) is 6.56. The van der Waals surface area contributed by atoms with Crippen molar-refractivity contribution in [2.75, 3.05) is 27.3 Å². The van der Waals surface area contributed by atoms with Crippen LogP contribution in [0.3, 0.4) is 0 Å². The summed E-state index contributed by atoms with van der Waals surface area (Å²) in [5.41, 5.74) is 3.71. The van der Waals surface area contributed by atoms with Crippen molar-refractivity contribution in [3.05, 3.63) is 59.2 Å². The van der Waals surface area contributed by atoms with Crippen molar-refractivity contribution in [2.45, 2.75) is 25.9 Å². The minimum Gasteiger partial charge on any atom is -0.493 e. The van der Waals surface area contributed by atoms with Gasteiger partial charge < -0.3 is 14.8 Å². The minimum absolute atomic E-state index is 0.0164. The average Bonchev–Trinajstić information content (AvgIpc) is 2.66. The Morgan fingerprint density at radius 1 is 1.15 bits per heavy atom. The molecular formula is C21H26N2O3. The van der Waals surface area contributed by atoms with Crippen LogP contribution < -0.4 is 14.8 Å². The maximum atomic E-state index is 11.5. The summed E-state index contributed by atoms with van der Waals surface area (Å²) in [6.45, 7) is 3.91. The minimum atomic E-state index is -0.0164. The maximum Gasteiger partial charge on any atom is 0.216 e. The molecule has 26 heavy (non-hydrogen) atoms. The van der Waals surface area contributed by atoms with Crippen LogP contribution in [-0.4, -0.2) is 38.1 Å². The van der Waals surface area contributed by atoms with Crippen LogP contribution in [0.25, 0.3) is 0 Å². The highest BCUT2D eigenvalue weighted by Crippen LogP contribution is 2.38. The first-order valence-electron chi connectivity index (χ1n) is 8.89. The topological polar surface area (TPSA) is 50.8 Å². The third-order valence-electron chi connectivity index (χ3n) is 4.89. The van der Waals surface area contributed by atoms with E-state index < -0.39 is 0 Å². The number of hydrogen-bond donors (Lipinski definition) is 1. The Balaban J connectivity index is 1.93. The fraction of sp³-hybridized carbons (Fsp3) is 0.381. The normalized spacial score (nSPS) is 16.7. The summed E-state index contributed by atoms with van der Waals surface area (Å²) in [7, 11) is 3.31. The lowest BCUT2D eigenvalue weighted by molar-refractivity contribution is -0.119. The van der Waals surface area contributed by atoms with Crippen LogP contribution in [0.5, 0.6) is 11.5 Å². The number of amides is 1. The SMILES string of the molecule is COc1cc2c(cc1OC)[C@H](CNC(C)=O)N(Cc1ccccc1)CC2. The molecule has 1 aliphatic rings. The molecule has 0 spiro atoms. The molecule has 5 heteroatoms. The monoisotopic (exact) mass is 354 g/mol. The highest BCUT2D eigenvalue weighted by atomic mass is 16.5. The molecule has 2 aromatic carbocycles. The molecule has 0 saturated heterocycles. The summed E-state index contributed by atoms with van der Waals surface area (Å²) >= 11 is 0. The first-order valence-corrected chi connectivity index (χ1v) is 8.89. The zero-order valence-corrected chi connectivity index (χ0v) is 15.6. The lowest BCUT2D eigenvalue weighted by Crippen LogP contribution is -2.41. The van der Waals surface area contributed by atoms with Gasteiger partial charge in [-0.25, -0.2) is 0 Å². The number of rotatable bonds is 6. The van der Waals surface area contributed by atoms with Crippen LogP contribution >= 0.6 is 0 Å². The number of fused-ring (bicyclic) bond motifs is 1. The Morgan fingerprint density at radius 3 is 2.50 bits per heavy atom. The molecule has 0 saturated carbocycles. The quantitative estimate of drug-likeness (QED) is 0.867. The lowest BCUT2D eigenvalue weighted by atomic mass is 9.91. The van der Waals surface area contributed by atoms with E-state index in [1.165, 1.54) is 16.7 Å². The van der Waals surface area contributed by atoms with Crippen molar-refractivity contribution in [1.82, 2.24) is 10.2 Å². The fourth-order valence-electron chi connectivity index (χ4n) is 3.57. The van der Waals surface area contributed by atoms with Gasteiger partial charge in [-0.05, 0) is 35.2 Å². The lowest BCUT2D eigenvalue weighted by Gasteiger charge is -2.38. The summed E-state index contributed by atoms with van der Waals surface area (Å²) in [6.07, 6.45) is 0.944. The van der Waals surface area contributed by atoms with Crippen LogP contribution in [0.4, 0.5) is 0 Å². The summed E-state index contributed by atoms with van der Waals surface area (Å²) in [4.78, 5) is 13.9. The third kappa shape index (κ3) is 3.99. The van der Waals surface area contributed by atoms with E-state index in [0.29, 0.717) is 6.54 Å². The van der Waals surface area contributed by atoms with E-state index in [-0.39, 0.29) is 11.9 Å². The van der Waals surface area contributed by atoms with Gasteiger partial charge in [0.05, 0.1) is 20.3 Å². The van der Waals surface area contributed by atoms with Gasteiger partial charge in [-0.2, -0.15) is 0 Å². The predicted octanol–water partition coefficient (Wildman–Crippen LogP) is 2.94. The maximum absolute atomic E-state index is 11.5. The van der Waals surface area contributed by atoms with Crippen molar-refractivity contribution in [3.8, 4) is 11.5 Å². The van der Waals surface area contributed by atoms with E-state index in [4.69, 9.17) is 9.47 Å².